The molecule has 1 aliphatic heterocycles. The first kappa shape index (κ1) is 13.7. The number of amides is 2. The minimum absolute atomic E-state index is 0.0923. The fraction of sp³-hybridized carbons (Fsp3) is 0.818. The van der Waals surface area contributed by atoms with Gasteiger partial charge in [-0.3, -0.25) is 0 Å². The molecule has 0 aromatic heterocycles. The lowest BCUT2D eigenvalue weighted by atomic mass is 10.3. The van der Waals surface area contributed by atoms with Crippen LogP contribution < -0.4 is 5.32 Å². The van der Waals surface area contributed by atoms with Crippen LogP contribution >= 0.6 is 0 Å². The smallest absolute Gasteiger partial charge is 0.317 e. The average Bonchev–Trinajstić information content (AvgIpc) is 2.82. The number of rotatable bonds is 6. The number of nitriles is 1. The van der Waals surface area contributed by atoms with Crippen LogP contribution in [0.4, 0.5) is 4.79 Å². The van der Waals surface area contributed by atoms with Crippen LogP contribution in [0, 0.1) is 11.3 Å². The van der Waals surface area contributed by atoms with Gasteiger partial charge < -0.3 is 19.7 Å². The topological polar surface area (TPSA) is 74.6 Å². The molecule has 0 radical (unpaired) electrons. The number of methoxy groups -OCH3 is 1. The molecule has 0 bridgehead atoms. The molecule has 0 aromatic rings. The summed E-state index contributed by atoms with van der Waals surface area (Å²) in [6, 6.07) is 1.98. The Morgan fingerprint density at radius 3 is 3.06 bits per heavy atom. The van der Waals surface area contributed by atoms with Crippen LogP contribution in [0.5, 0.6) is 0 Å². The van der Waals surface area contributed by atoms with Crippen molar-refractivity contribution in [3.05, 3.63) is 0 Å². The molecule has 1 fully saturated rings. The number of nitrogens with zero attached hydrogens (tertiary/aromatic N) is 2. The number of hydrogen-bond acceptors (Lipinski definition) is 4. The van der Waals surface area contributed by atoms with Gasteiger partial charge in [0.05, 0.1) is 31.7 Å². The Balaban J connectivity index is 2.37. The molecule has 1 aliphatic rings. The lowest BCUT2D eigenvalue weighted by Gasteiger charge is -2.23. The van der Waals surface area contributed by atoms with Crippen LogP contribution in [0.3, 0.4) is 0 Å². The van der Waals surface area contributed by atoms with Crippen molar-refractivity contribution in [1.82, 2.24) is 10.2 Å². The monoisotopic (exact) mass is 241 g/mol. The predicted octanol–water partition coefficient (Wildman–Crippen LogP) is 0.347. The molecule has 2 amide bonds. The molecule has 0 spiro atoms. The molecule has 17 heavy (non-hydrogen) atoms. The van der Waals surface area contributed by atoms with Gasteiger partial charge in [-0.05, 0) is 6.42 Å². The number of carbonyl (C=O) groups is 1. The summed E-state index contributed by atoms with van der Waals surface area (Å²) < 4.78 is 10.1. The van der Waals surface area contributed by atoms with Crippen LogP contribution in [0.2, 0.25) is 0 Å². The van der Waals surface area contributed by atoms with E-state index < -0.39 is 0 Å². The second-order valence-electron chi connectivity index (χ2n) is 3.90. The van der Waals surface area contributed by atoms with Crippen molar-refractivity contribution in [3.8, 4) is 6.07 Å². The van der Waals surface area contributed by atoms with Crippen molar-refractivity contribution < 1.29 is 14.3 Å². The highest BCUT2D eigenvalue weighted by molar-refractivity contribution is 5.74. The molecule has 1 rings (SSSR count). The van der Waals surface area contributed by atoms with E-state index >= 15 is 0 Å². The van der Waals surface area contributed by atoms with E-state index in [2.05, 4.69) is 5.32 Å². The molecule has 6 nitrogen and oxygen atoms in total. The molecular formula is C11H19N3O3. The van der Waals surface area contributed by atoms with E-state index in [0.29, 0.717) is 39.3 Å². The summed E-state index contributed by atoms with van der Waals surface area (Å²) in [5.41, 5.74) is 0. The summed E-state index contributed by atoms with van der Waals surface area (Å²) in [4.78, 5) is 13.5. The summed E-state index contributed by atoms with van der Waals surface area (Å²) >= 11 is 0. The Kier molecular flexibility index (Phi) is 6.37. The van der Waals surface area contributed by atoms with Crippen molar-refractivity contribution in [2.75, 3.05) is 40.0 Å². The van der Waals surface area contributed by atoms with Crippen molar-refractivity contribution >= 4 is 6.03 Å². The van der Waals surface area contributed by atoms with Gasteiger partial charge in [0.25, 0.3) is 0 Å². The van der Waals surface area contributed by atoms with Gasteiger partial charge in [-0.25, -0.2) is 4.79 Å². The molecule has 1 N–H and O–H groups in total. The standard InChI is InChI=1S/C11H19N3O3/c1-16-8-6-14(5-2-4-12)11(15)13-10-3-7-17-9-10/h10H,2-3,5-9H2,1H3,(H,13,15). The summed E-state index contributed by atoms with van der Waals surface area (Å²) in [6.07, 6.45) is 1.18. The quantitative estimate of drug-likeness (QED) is 0.728. The van der Waals surface area contributed by atoms with E-state index in [-0.39, 0.29) is 12.1 Å². The minimum atomic E-state index is -0.146. The third-order valence-electron chi connectivity index (χ3n) is 2.60. The molecular weight excluding hydrogens is 222 g/mol. The van der Waals surface area contributed by atoms with E-state index in [4.69, 9.17) is 14.7 Å². The van der Waals surface area contributed by atoms with Crippen molar-refractivity contribution in [2.24, 2.45) is 0 Å². The molecule has 1 heterocycles. The van der Waals surface area contributed by atoms with Gasteiger partial charge in [0, 0.05) is 26.8 Å². The number of hydrogen-bond donors (Lipinski definition) is 1. The Labute approximate surface area is 101 Å². The van der Waals surface area contributed by atoms with Gasteiger partial charge in [0.15, 0.2) is 0 Å². The minimum Gasteiger partial charge on any atom is -0.383 e. The number of nitrogens with one attached hydrogen (secondary N) is 1. The maximum atomic E-state index is 11.9. The lowest BCUT2D eigenvalue weighted by molar-refractivity contribution is 0.146. The zero-order valence-corrected chi connectivity index (χ0v) is 10.1. The molecule has 6 heteroatoms. The molecule has 1 saturated heterocycles. The van der Waals surface area contributed by atoms with E-state index in [1.165, 1.54) is 0 Å². The van der Waals surface area contributed by atoms with Crippen LogP contribution in [-0.2, 0) is 9.47 Å². The lowest BCUT2D eigenvalue weighted by Crippen LogP contribution is -2.46. The van der Waals surface area contributed by atoms with Gasteiger partial charge in [-0.1, -0.05) is 0 Å². The van der Waals surface area contributed by atoms with Gasteiger partial charge in [0.1, 0.15) is 0 Å². The zero-order chi connectivity index (χ0) is 12.5. The number of urea groups is 1. The van der Waals surface area contributed by atoms with Crippen LogP contribution in [0.25, 0.3) is 0 Å². The van der Waals surface area contributed by atoms with Crippen molar-refractivity contribution in [2.45, 2.75) is 18.9 Å². The van der Waals surface area contributed by atoms with E-state index in [0.717, 1.165) is 6.42 Å². The first-order valence-corrected chi connectivity index (χ1v) is 5.77. The largest absolute Gasteiger partial charge is 0.383 e. The fourth-order valence-corrected chi connectivity index (χ4v) is 1.62. The Hall–Kier alpha value is -1.32. The van der Waals surface area contributed by atoms with Crippen molar-refractivity contribution in [3.63, 3.8) is 0 Å². The predicted molar refractivity (Wildman–Crippen MR) is 61.4 cm³/mol. The van der Waals surface area contributed by atoms with Crippen molar-refractivity contribution in [1.29, 1.82) is 5.26 Å². The first-order valence-electron chi connectivity index (χ1n) is 5.77. The Morgan fingerprint density at radius 2 is 2.47 bits per heavy atom. The fourth-order valence-electron chi connectivity index (χ4n) is 1.62. The summed E-state index contributed by atoms with van der Waals surface area (Å²) in [5.74, 6) is 0. The zero-order valence-electron chi connectivity index (χ0n) is 10.1. The summed E-state index contributed by atoms with van der Waals surface area (Å²) in [5, 5.41) is 11.4. The summed E-state index contributed by atoms with van der Waals surface area (Å²) in [7, 11) is 1.59. The van der Waals surface area contributed by atoms with Crippen LogP contribution in [-0.4, -0.2) is 57.0 Å². The molecule has 0 aromatic carbocycles. The molecule has 1 atom stereocenters. The third kappa shape index (κ3) is 5.02. The molecule has 0 aliphatic carbocycles. The third-order valence-corrected chi connectivity index (χ3v) is 2.60. The van der Waals surface area contributed by atoms with Crippen LogP contribution in [0.15, 0.2) is 0 Å². The summed E-state index contributed by atoms with van der Waals surface area (Å²) in [6.45, 7) is 2.67. The highest BCUT2D eigenvalue weighted by Gasteiger charge is 2.20. The highest BCUT2D eigenvalue weighted by atomic mass is 16.5. The van der Waals surface area contributed by atoms with E-state index in [9.17, 15) is 4.79 Å². The van der Waals surface area contributed by atoms with E-state index in [1.807, 2.05) is 6.07 Å². The maximum absolute atomic E-state index is 11.9. The second-order valence-corrected chi connectivity index (χ2v) is 3.90. The second kappa shape index (κ2) is 7.87. The number of ether oxygens (including phenoxy) is 2. The SMILES string of the molecule is COCCN(CCC#N)C(=O)NC1CCOC1. The van der Waals surface area contributed by atoms with Gasteiger partial charge in [-0.15, -0.1) is 0 Å². The highest BCUT2D eigenvalue weighted by Crippen LogP contribution is 2.04. The van der Waals surface area contributed by atoms with Crippen LogP contribution in [0.1, 0.15) is 12.8 Å². The Bertz CT molecular complexity index is 272. The van der Waals surface area contributed by atoms with Gasteiger partial charge >= 0.3 is 6.03 Å². The Morgan fingerprint density at radius 1 is 1.65 bits per heavy atom. The first-order chi connectivity index (χ1) is 8.27. The van der Waals surface area contributed by atoms with E-state index in [1.54, 1.807) is 12.0 Å². The van der Waals surface area contributed by atoms with Gasteiger partial charge in [-0.2, -0.15) is 5.26 Å². The maximum Gasteiger partial charge on any atom is 0.317 e. The van der Waals surface area contributed by atoms with Gasteiger partial charge in [0.2, 0.25) is 0 Å². The number of carbonyl (C=O) groups excluding carboxylic acids is 1. The molecule has 1 unspecified atom stereocenters. The normalized spacial score (nSPS) is 18.7. The molecule has 96 valence electrons. The average molecular weight is 241 g/mol. The molecule has 0 saturated carbocycles.